The van der Waals surface area contributed by atoms with Crippen LogP contribution < -0.4 is 0 Å². The van der Waals surface area contributed by atoms with Crippen molar-refractivity contribution in [3.8, 4) is 0 Å². The summed E-state index contributed by atoms with van der Waals surface area (Å²) >= 11 is 0. The summed E-state index contributed by atoms with van der Waals surface area (Å²) in [4.78, 5) is 82.1. The third-order valence-corrected chi connectivity index (χ3v) is 12.6. The van der Waals surface area contributed by atoms with Crippen molar-refractivity contribution >= 4 is 35.6 Å². The Morgan fingerprint density at radius 3 is 1.93 bits per heavy atom. The number of ketones is 1. The maximum atomic E-state index is 15.7. The zero-order valence-electron chi connectivity index (χ0n) is 33.6. The Balaban J connectivity index is 1.59. The van der Waals surface area contributed by atoms with Crippen molar-refractivity contribution in [3.63, 3.8) is 0 Å². The number of esters is 5. The molecule has 2 saturated carbocycles. The molecule has 0 aromatic heterocycles. The maximum absolute atomic E-state index is 15.7. The van der Waals surface area contributed by atoms with E-state index in [9.17, 15) is 51.0 Å². The van der Waals surface area contributed by atoms with Gasteiger partial charge in [0.2, 0.25) is 5.82 Å². The molecule has 3 fully saturated rings. The molecule has 1 heterocycles. The zero-order valence-corrected chi connectivity index (χ0v) is 33.6. The molecule has 2 aromatic carbocycles. The second kappa shape index (κ2) is 15.7. The fourth-order valence-corrected chi connectivity index (χ4v) is 9.68. The van der Waals surface area contributed by atoms with E-state index in [4.69, 9.17) is 28.4 Å². The molecule has 0 unspecified atom stereocenters. The summed E-state index contributed by atoms with van der Waals surface area (Å²) in [5.74, 6) is -19.0. The third-order valence-electron chi connectivity index (χ3n) is 12.6. The Labute approximate surface area is 340 Å². The highest BCUT2D eigenvalue weighted by Crippen LogP contribution is 2.65. The number of halogens is 5. The molecule has 2 bridgehead atoms. The average Bonchev–Trinajstić information content (AvgIpc) is 3.16. The normalized spacial score (nSPS) is 31.6. The Hall–Kier alpha value is -5.23. The number of carbonyl (C=O) groups is 6. The van der Waals surface area contributed by atoms with Crippen molar-refractivity contribution in [1.29, 1.82) is 0 Å². The number of rotatable bonds is 9. The van der Waals surface area contributed by atoms with Crippen molar-refractivity contribution in [1.82, 2.24) is 0 Å². The maximum Gasteiger partial charge on any atom is 0.338 e. The highest BCUT2D eigenvalue weighted by Gasteiger charge is 2.79. The van der Waals surface area contributed by atoms with Crippen molar-refractivity contribution in [3.05, 3.63) is 81.7 Å². The molecule has 13 nitrogen and oxygen atoms in total. The van der Waals surface area contributed by atoms with Crippen LogP contribution in [-0.4, -0.2) is 89.1 Å². The largest absolute Gasteiger partial charge is 0.461 e. The molecule has 6 rings (SSSR count). The lowest BCUT2D eigenvalue weighted by atomic mass is 9.44. The molecule has 4 aliphatic rings. The van der Waals surface area contributed by atoms with Crippen molar-refractivity contribution in [2.24, 2.45) is 16.7 Å². The summed E-state index contributed by atoms with van der Waals surface area (Å²) in [5, 5.41) is 13.5. The Morgan fingerprint density at radius 1 is 0.817 bits per heavy atom. The van der Waals surface area contributed by atoms with Crippen LogP contribution in [0.2, 0.25) is 0 Å². The minimum atomic E-state index is -2.41. The minimum Gasteiger partial charge on any atom is -0.461 e. The van der Waals surface area contributed by atoms with Crippen LogP contribution in [0.3, 0.4) is 0 Å². The first-order valence-electron chi connectivity index (χ1n) is 19.0. The van der Waals surface area contributed by atoms with Crippen molar-refractivity contribution in [2.75, 3.05) is 6.61 Å². The van der Waals surface area contributed by atoms with Crippen LogP contribution in [0.4, 0.5) is 22.0 Å². The molecule has 18 heteroatoms. The second-order valence-electron chi connectivity index (χ2n) is 16.4. The number of hydrogen-bond donors (Lipinski definition) is 1. The number of carbonyl (C=O) groups excluding carboxylic acids is 6. The monoisotopic (exact) mass is 850 g/mol. The van der Waals surface area contributed by atoms with E-state index < -0.39 is 161 Å². The highest BCUT2D eigenvalue weighted by molar-refractivity contribution is 5.96. The molecule has 0 amide bonds. The molecule has 1 aliphatic heterocycles. The van der Waals surface area contributed by atoms with Gasteiger partial charge >= 0.3 is 29.8 Å². The molecule has 3 aliphatic carbocycles. The topological polar surface area (TPSA) is 178 Å². The van der Waals surface area contributed by atoms with E-state index in [2.05, 4.69) is 0 Å². The molecule has 2 aromatic rings. The van der Waals surface area contributed by atoms with Gasteiger partial charge in [0.05, 0.1) is 23.5 Å². The Kier molecular flexibility index (Phi) is 11.6. The predicted octanol–water partition coefficient (Wildman–Crippen LogP) is 5.10. The van der Waals surface area contributed by atoms with Crippen LogP contribution in [-0.2, 0) is 58.8 Å². The SMILES string of the molecule is CC(=O)O[C@H]1C(=O)[C@]2(C)[C@@H](OC(=O)CCc3c(F)c(F)c(F)c(F)c3F)C[C@H]3OC[C@@]3(OC(C)=O)[C@H]2[C@H](OC(=O)c2ccccc2)[C@]2(O)C[C@H](OC(C)=O)C(C)=C1C2(C)C. The number of benzene rings is 2. The van der Waals surface area contributed by atoms with Gasteiger partial charge in [0.25, 0.3) is 0 Å². The van der Waals surface area contributed by atoms with Crippen LogP contribution in [0.25, 0.3) is 0 Å². The summed E-state index contributed by atoms with van der Waals surface area (Å²) in [6.07, 6.45) is -11.1. The zero-order chi connectivity index (χ0) is 44.4. The Bertz CT molecular complexity index is 2160. The van der Waals surface area contributed by atoms with Gasteiger partial charge in [-0.25, -0.2) is 26.7 Å². The van der Waals surface area contributed by atoms with Crippen LogP contribution in [0.1, 0.15) is 83.7 Å². The first-order chi connectivity index (χ1) is 27.9. The fraction of sp³-hybridized carbons (Fsp3) is 0.524. The van der Waals surface area contributed by atoms with Gasteiger partial charge in [0.1, 0.15) is 30.0 Å². The summed E-state index contributed by atoms with van der Waals surface area (Å²) < 4.78 is 107. The summed E-state index contributed by atoms with van der Waals surface area (Å²) in [6, 6.07) is 7.51. The van der Waals surface area contributed by atoms with Gasteiger partial charge in [-0.1, -0.05) is 32.0 Å². The van der Waals surface area contributed by atoms with E-state index in [-0.39, 0.29) is 16.7 Å². The molecule has 0 spiro atoms. The quantitative estimate of drug-likeness (QED) is 0.0881. The first-order valence-corrected chi connectivity index (χ1v) is 19.0. The summed E-state index contributed by atoms with van der Waals surface area (Å²) in [7, 11) is 0. The smallest absolute Gasteiger partial charge is 0.338 e. The molecule has 1 saturated heterocycles. The number of aliphatic hydroxyl groups is 1. The van der Waals surface area contributed by atoms with Crippen molar-refractivity contribution < 1.29 is 84.2 Å². The second-order valence-corrected chi connectivity index (χ2v) is 16.4. The predicted molar refractivity (Wildman–Crippen MR) is 193 cm³/mol. The van der Waals surface area contributed by atoms with E-state index >= 15 is 4.79 Å². The molecule has 324 valence electrons. The van der Waals surface area contributed by atoms with Crippen LogP contribution >= 0.6 is 0 Å². The number of ether oxygens (including phenoxy) is 6. The molecular weight excluding hydrogens is 807 g/mol. The lowest BCUT2D eigenvalue weighted by molar-refractivity contribution is -0.346. The number of Topliss-reactive ketones (excluding diaryl/α,β-unsaturated/α-hetero) is 1. The van der Waals surface area contributed by atoms with Crippen LogP contribution in [0.5, 0.6) is 0 Å². The molecular formula is C42H43F5O13. The summed E-state index contributed by atoms with van der Waals surface area (Å²) in [6.45, 7) is 8.48. The van der Waals surface area contributed by atoms with Gasteiger partial charge in [-0.15, -0.1) is 0 Å². The molecule has 9 atom stereocenters. The average molecular weight is 851 g/mol. The van der Waals surface area contributed by atoms with Crippen LogP contribution in [0.15, 0.2) is 41.5 Å². The van der Waals surface area contributed by atoms with Gasteiger partial charge < -0.3 is 33.5 Å². The van der Waals surface area contributed by atoms with Gasteiger partial charge in [0.15, 0.2) is 40.8 Å². The molecule has 0 radical (unpaired) electrons. The standard InChI is InChI=1S/C42H43F5O13/c1-18-24(56-19(2)48)16-42(54)37(59-38(53)22-11-9-8-10-12-22)35-40(7,36(52)34(57-20(3)49)28(18)39(42,5)6)25(15-26-41(35,17-55-26)60-21(4)50)58-27(51)14-13-23-29(43)31(45)33(47)32(46)30(23)44/h8-12,24-26,34-35,37,54H,13-17H2,1-7H3/t24-,25-,26+,34+,35-,37-,40+,41-,42+/m0/s1. The van der Waals surface area contributed by atoms with E-state index in [0.29, 0.717) is 0 Å². The summed E-state index contributed by atoms with van der Waals surface area (Å²) in [5.41, 5.74) is -9.53. The highest BCUT2D eigenvalue weighted by atomic mass is 19.2. The fourth-order valence-electron chi connectivity index (χ4n) is 9.68. The number of fused-ring (bicyclic) bond motifs is 5. The lowest BCUT2D eigenvalue weighted by Crippen LogP contribution is -2.82. The van der Waals surface area contributed by atoms with Gasteiger partial charge in [-0.05, 0) is 43.5 Å². The van der Waals surface area contributed by atoms with Gasteiger partial charge in [0, 0.05) is 51.0 Å². The van der Waals surface area contributed by atoms with Gasteiger partial charge in [-0.3, -0.25) is 24.0 Å². The Morgan fingerprint density at radius 2 is 1.40 bits per heavy atom. The van der Waals surface area contributed by atoms with E-state index in [1.54, 1.807) is 6.07 Å². The van der Waals surface area contributed by atoms with Crippen molar-refractivity contribution in [2.45, 2.75) is 116 Å². The lowest BCUT2D eigenvalue weighted by Gasteiger charge is -2.67. The molecule has 1 N–H and O–H groups in total. The minimum absolute atomic E-state index is 0.0130. The van der Waals surface area contributed by atoms with E-state index in [1.165, 1.54) is 52.0 Å². The third kappa shape index (κ3) is 6.94. The first kappa shape index (κ1) is 44.3. The van der Waals surface area contributed by atoms with Gasteiger partial charge in [-0.2, -0.15) is 0 Å². The number of hydrogen-bond acceptors (Lipinski definition) is 13. The van der Waals surface area contributed by atoms with E-state index in [1.807, 2.05) is 0 Å². The van der Waals surface area contributed by atoms with E-state index in [0.717, 1.165) is 20.8 Å². The molecule has 60 heavy (non-hydrogen) atoms. The van der Waals surface area contributed by atoms with Crippen LogP contribution in [0, 0.1) is 45.8 Å².